The second-order valence-electron chi connectivity index (χ2n) is 2.92. The molecule has 0 aliphatic rings. The number of imidazole rings is 1. The summed E-state index contributed by atoms with van der Waals surface area (Å²) >= 11 is 5.80. The number of hydrogen-bond acceptors (Lipinski definition) is 2. The highest BCUT2D eigenvalue weighted by molar-refractivity contribution is 6.33. The highest BCUT2D eigenvalue weighted by Crippen LogP contribution is 2.19. The van der Waals surface area contributed by atoms with Gasteiger partial charge in [-0.1, -0.05) is 17.7 Å². The van der Waals surface area contributed by atoms with Crippen molar-refractivity contribution in [3.8, 4) is 0 Å². The highest BCUT2D eigenvalue weighted by Gasteiger charge is 2.15. The molecule has 2 heterocycles. The van der Waals surface area contributed by atoms with Gasteiger partial charge in [0, 0.05) is 5.69 Å². The van der Waals surface area contributed by atoms with Crippen molar-refractivity contribution in [2.75, 3.05) is 0 Å². The number of nitrogens with zero attached hydrogens (tertiary/aromatic N) is 2. The normalized spacial score (nSPS) is 10.7. The zero-order chi connectivity index (χ0) is 10.3. The molecule has 2 aromatic heterocycles. The molecular formula is C9H7ClN2O2. The Hall–Kier alpha value is -1.55. The molecule has 0 aromatic carbocycles. The van der Waals surface area contributed by atoms with Gasteiger partial charge in [0.25, 0.3) is 0 Å². The van der Waals surface area contributed by atoms with Crippen LogP contribution < -0.4 is 0 Å². The molecule has 0 atom stereocenters. The molecule has 0 saturated carbocycles. The number of aryl methyl sites for hydroxylation is 1. The molecule has 0 aliphatic heterocycles. The first-order valence-electron chi connectivity index (χ1n) is 3.98. The Morgan fingerprint density at radius 1 is 1.57 bits per heavy atom. The summed E-state index contributed by atoms with van der Waals surface area (Å²) in [5.41, 5.74) is 1.41. The van der Waals surface area contributed by atoms with Gasteiger partial charge < -0.3 is 5.11 Å². The van der Waals surface area contributed by atoms with Crippen molar-refractivity contribution in [2.24, 2.45) is 0 Å². The van der Waals surface area contributed by atoms with Crippen LogP contribution >= 0.6 is 11.6 Å². The quantitative estimate of drug-likeness (QED) is 0.783. The number of carboxylic acids is 1. The minimum absolute atomic E-state index is 0.0527. The highest BCUT2D eigenvalue weighted by atomic mass is 35.5. The van der Waals surface area contributed by atoms with E-state index in [1.165, 1.54) is 4.40 Å². The van der Waals surface area contributed by atoms with E-state index < -0.39 is 5.97 Å². The van der Waals surface area contributed by atoms with Crippen LogP contribution in [0.25, 0.3) is 5.52 Å². The lowest BCUT2D eigenvalue weighted by Crippen LogP contribution is -2.05. The van der Waals surface area contributed by atoms with Crippen molar-refractivity contribution in [1.29, 1.82) is 0 Å². The van der Waals surface area contributed by atoms with Crippen LogP contribution in [0.1, 0.15) is 16.3 Å². The van der Waals surface area contributed by atoms with Crippen molar-refractivity contribution >= 4 is 23.1 Å². The van der Waals surface area contributed by atoms with Gasteiger partial charge in [-0.25, -0.2) is 9.78 Å². The van der Waals surface area contributed by atoms with Crippen LogP contribution in [0.3, 0.4) is 0 Å². The number of pyridine rings is 1. The minimum atomic E-state index is -1.08. The molecule has 0 radical (unpaired) electrons. The van der Waals surface area contributed by atoms with Gasteiger partial charge in [0.15, 0.2) is 5.15 Å². The van der Waals surface area contributed by atoms with Crippen LogP contribution in [-0.4, -0.2) is 20.5 Å². The predicted molar refractivity (Wildman–Crippen MR) is 51.9 cm³/mol. The SMILES string of the molecule is Cc1cccc2c(Cl)nc(C(=O)O)n12. The van der Waals surface area contributed by atoms with Crippen LogP contribution in [0.4, 0.5) is 0 Å². The van der Waals surface area contributed by atoms with Crippen molar-refractivity contribution in [1.82, 2.24) is 9.38 Å². The Morgan fingerprint density at radius 3 is 2.93 bits per heavy atom. The average molecular weight is 211 g/mol. The van der Waals surface area contributed by atoms with Crippen molar-refractivity contribution in [3.05, 3.63) is 34.9 Å². The van der Waals surface area contributed by atoms with Crippen LogP contribution in [0, 0.1) is 6.92 Å². The number of fused-ring (bicyclic) bond motifs is 1. The van der Waals surface area contributed by atoms with Gasteiger partial charge in [0.1, 0.15) is 0 Å². The molecule has 0 aliphatic carbocycles. The first-order valence-corrected chi connectivity index (χ1v) is 4.36. The number of carboxylic acid groups (broad SMARTS) is 1. The summed E-state index contributed by atoms with van der Waals surface area (Å²) in [6, 6.07) is 5.34. The Bertz CT molecular complexity index is 519. The molecule has 0 bridgehead atoms. The van der Waals surface area contributed by atoms with Gasteiger partial charge in [-0.15, -0.1) is 0 Å². The number of hydrogen-bond donors (Lipinski definition) is 1. The van der Waals surface area contributed by atoms with E-state index in [9.17, 15) is 4.79 Å². The van der Waals surface area contributed by atoms with Gasteiger partial charge in [-0.2, -0.15) is 0 Å². The lowest BCUT2D eigenvalue weighted by atomic mass is 10.3. The molecule has 72 valence electrons. The van der Waals surface area contributed by atoms with Gasteiger partial charge in [0.2, 0.25) is 5.82 Å². The van der Waals surface area contributed by atoms with Gasteiger partial charge in [0.05, 0.1) is 5.52 Å². The number of rotatable bonds is 1. The Morgan fingerprint density at radius 2 is 2.29 bits per heavy atom. The molecule has 4 nitrogen and oxygen atoms in total. The van der Waals surface area contributed by atoms with Gasteiger partial charge >= 0.3 is 5.97 Å². The van der Waals surface area contributed by atoms with Gasteiger partial charge in [-0.3, -0.25) is 4.40 Å². The summed E-state index contributed by atoms with van der Waals surface area (Å²) in [5, 5.41) is 9.09. The first-order chi connectivity index (χ1) is 6.61. The molecule has 0 amide bonds. The summed E-state index contributed by atoms with van der Waals surface area (Å²) in [6.07, 6.45) is 0. The molecule has 5 heteroatoms. The zero-order valence-corrected chi connectivity index (χ0v) is 8.12. The fourth-order valence-corrected chi connectivity index (χ4v) is 1.63. The summed E-state index contributed by atoms with van der Waals surface area (Å²) < 4.78 is 1.52. The maximum Gasteiger partial charge on any atom is 0.372 e. The lowest BCUT2D eigenvalue weighted by molar-refractivity contribution is 0.0682. The summed E-state index contributed by atoms with van der Waals surface area (Å²) in [5.74, 6) is -1.13. The van der Waals surface area contributed by atoms with Crippen molar-refractivity contribution in [2.45, 2.75) is 6.92 Å². The van der Waals surface area contributed by atoms with E-state index in [1.54, 1.807) is 19.1 Å². The monoisotopic (exact) mass is 210 g/mol. The van der Waals surface area contributed by atoms with Crippen LogP contribution in [0.2, 0.25) is 5.15 Å². The smallest absolute Gasteiger partial charge is 0.372 e. The molecule has 0 saturated heterocycles. The van der Waals surface area contributed by atoms with E-state index >= 15 is 0 Å². The van der Waals surface area contributed by atoms with E-state index in [-0.39, 0.29) is 11.0 Å². The van der Waals surface area contributed by atoms with Gasteiger partial charge in [-0.05, 0) is 19.1 Å². The Labute approximate surface area is 84.8 Å². The summed E-state index contributed by atoms with van der Waals surface area (Å²) in [6.45, 7) is 1.80. The molecule has 1 N–H and O–H groups in total. The fraction of sp³-hybridized carbons (Fsp3) is 0.111. The third-order valence-electron chi connectivity index (χ3n) is 2.00. The number of aromatic carboxylic acids is 1. The topological polar surface area (TPSA) is 54.6 Å². The standard InChI is InChI=1S/C9H7ClN2O2/c1-5-3-2-4-6-7(10)11-8(9(13)14)12(5)6/h2-4H,1H3,(H,13,14). The maximum absolute atomic E-state index is 10.8. The van der Waals surface area contributed by atoms with Crippen molar-refractivity contribution in [3.63, 3.8) is 0 Å². The number of aromatic nitrogens is 2. The largest absolute Gasteiger partial charge is 0.475 e. The minimum Gasteiger partial charge on any atom is -0.475 e. The molecule has 2 rings (SSSR count). The molecule has 14 heavy (non-hydrogen) atoms. The van der Waals surface area contributed by atoms with E-state index in [2.05, 4.69) is 4.98 Å². The molecule has 0 spiro atoms. The number of halogens is 1. The maximum atomic E-state index is 10.8. The summed E-state index contributed by atoms with van der Waals surface area (Å²) in [4.78, 5) is 14.6. The Balaban J connectivity index is 2.93. The summed E-state index contributed by atoms with van der Waals surface area (Å²) in [7, 11) is 0. The Kier molecular flexibility index (Phi) is 1.93. The van der Waals surface area contributed by atoms with E-state index in [4.69, 9.17) is 16.7 Å². The third-order valence-corrected chi connectivity index (χ3v) is 2.28. The fourth-order valence-electron chi connectivity index (χ4n) is 1.40. The van der Waals surface area contributed by atoms with Crippen LogP contribution in [0.5, 0.6) is 0 Å². The zero-order valence-electron chi connectivity index (χ0n) is 7.36. The lowest BCUT2D eigenvalue weighted by Gasteiger charge is -2.00. The third kappa shape index (κ3) is 1.15. The molecule has 0 fully saturated rings. The van der Waals surface area contributed by atoms with E-state index in [0.717, 1.165) is 5.69 Å². The second kappa shape index (κ2) is 2.99. The predicted octanol–water partition coefficient (Wildman–Crippen LogP) is 1.99. The number of carbonyl (C=O) groups is 1. The van der Waals surface area contributed by atoms with E-state index in [1.807, 2.05) is 6.07 Å². The van der Waals surface area contributed by atoms with E-state index in [0.29, 0.717) is 5.52 Å². The van der Waals surface area contributed by atoms with Crippen LogP contribution in [-0.2, 0) is 0 Å². The molecular weight excluding hydrogens is 204 g/mol. The van der Waals surface area contributed by atoms with Crippen LogP contribution in [0.15, 0.2) is 18.2 Å². The molecule has 0 unspecified atom stereocenters. The molecule has 2 aromatic rings. The first kappa shape index (κ1) is 9.02. The van der Waals surface area contributed by atoms with Crippen molar-refractivity contribution < 1.29 is 9.90 Å². The average Bonchev–Trinajstić information content (AvgIpc) is 2.46. The second-order valence-corrected chi connectivity index (χ2v) is 3.28.